The van der Waals surface area contributed by atoms with Crippen molar-refractivity contribution in [3.8, 4) is 0 Å². The Labute approximate surface area is 105 Å². The number of hydrogen-bond donors (Lipinski definition) is 3. The molecule has 0 saturated heterocycles. The zero-order chi connectivity index (χ0) is 13.8. The Hall–Kier alpha value is -2.97. The molecule has 0 atom stereocenters. The standard InChI is InChI=1S/C10H9N5O4/c16-9-8(13-14-10(17)12-9)11-5-6-3-1-2-4-7(6)15(18)19/h1-4H,5H2,(H,11,13)(H2,12,14,16,17). The van der Waals surface area contributed by atoms with E-state index < -0.39 is 16.2 Å². The highest BCUT2D eigenvalue weighted by Crippen LogP contribution is 2.17. The molecule has 0 bridgehead atoms. The van der Waals surface area contributed by atoms with E-state index >= 15 is 0 Å². The highest BCUT2D eigenvalue weighted by molar-refractivity contribution is 5.42. The quantitative estimate of drug-likeness (QED) is 0.524. The SMILES string of the molecule is O=c1[nH]nc(NCc2ccccc2[N+](=O)[O-])c(=O)[nH]1. The topological polar surface area (TPSA) is 134 Å². The molecule has 2 aromatic rings. The summed E-state index contributed by atoms with van der Waals surface area (Å²) in [5.74, 6) is -0.113. The van der Waals surface area contributed by atoms with Crippen molar-refractivity contribution in [3.63, 3.8) is 0 Å². The summed E-state index contributed by atoms with van der Waals surface area (Å²) in [5.41, 5.74) is -1.07. The number of aromatic nitrogens is 3. The maximum Gasteiger partial charge on any atom is 0.342 e. The van der Waals surface area contributed by atoms with Gasteiger partial charge in [-0.05, 0) is 0 Å². The summed E-state index contributed by atoms with van der Waals surface area (Å²) in [6.07, 6.45) is 0. The fourth-order valence-corrected chi connectivity index (χ4v) is 1.48. The molecule has 0 aliphatic carbocycles. The monoisotopic (exact) mass is 263 g/mol. The lowest BCUT2D eigenvalue weighted by Crippen LogP contribution is -2.26. The number of para-hydroxylation sites is 1. The van der Waals surface area contributed by atoms with Gasteiger partial charge in [-0.3, -0.25) is 19.9 Å². The van der Waals surface area contributed by atoms with E-state index in [-0.39, 0.29) is 18.1 Å². The lowest BCUT2D eigenvalue weighted by Gasteiger charge is -2.04. The number of anilines is 1. The largest absolute Gasteiger partial charge is 0.360 e. The molecule has 1 heterocycles. The molecule has 2 rings (SSSR count). The number of nitro groups is 1. The van der Waals surface area contributed by atoms with E-state index in [1.807, 2.05) is 4.98 Å². The predicted molar refractivity (Wildman–Crippen MR) is 65.9 cm³/mol. The van der Waals surface area contributed by atoms with Gasteiger partial charge in [0.1, 0.15) is 0 Å². The molecule has 0 fully saturated rings. The van der Waals surface area contributed by atoms with Crippen LogP contribution in [0, 0.1) is 10.1 Å². The Bertz CT molecular complexity index is 720. The van der Waals surface area contributed by atoms with Gasteiger partial charge in [0.05, 0.1) is 4.92 Å². The van der Waals surface area contributed by atoms with E-state index in [4.69, 9.17) is 0 Å². The summed E-state index contributed by atoms with van der Waals surface area (Å²) in [5, 5.41) is 19.0. The Balaban J connectivity index is 2.21. The lowest BCUT2D eigenvalue weighted by molar-refractivity contribution is -0.385. The van der Waals surface area contributed by atoms with Crippen LogP contribution in [-0.4, -0.2) is 20.1 Å². The molecule has 9 heteroatoms. The first-order chi connectivity index (χ1) is 9.08. The normalized spacial score (nSPS) is 10.1. The van der Waals surface area contributed by atoms with E-state index in [9.17, 15) is 19.7 Å². The third-order valence-electron chi connectivity index (χ3n) is 2.35. The van der Waals surface area contributed by atoms with Gasteiger partial charge in [0, 0.05) is 18.2 Å². The van der Waals surface area contributed by atoms with E-state index in [0.29, 0.717) is 5.56 Å². The first kappa shape index (κ1) is 12.5. The number of hydrogen-bond acceptors (Lipinski definition) is 6. The molecular formula is C10H9N5O4. The van der Waals surface area contributed by atoms with E-state index in [1.165, 1.54) is 6.07 Å². The maximum absolute atomic E-state index is 11.3. The minimum absolute atomic E-state index is 0.0409. The van der Waals surface area contributed by atoms with Crippen LogP contribution in [0.25, 0.3) is 0 Å². The lowest BCUT2D eigenvalue weighted by atomic mass is 10.2. The van der Waals surface area contributed by atoms with Gasteiger partial charge < -0.3 is 5.32 Å². The van der Waals surface area contributed by atoms with Crippen LogP contribution >= 0.6 is 0 Å². The summed E-state index contributed by atoms with van der Waals surface area (Å²) >= 11 is 0. The van der Waals surface area contributed by atoms with Gasteiger partial charge in [-0.2, -0.15) is 0 Å². The zero-order valence-electron chi connectivity index (χ0n) is 9.54. The molecular weight excluding hydrogens is 254 g/mol. The smallest absolute Gasteiger partial charge is 0.342 e. The molecule has 19 heavy (non-hydrogen) atoms. The van der Waals surface area contributed by atoms with Gasteiger partial charge in [-0.25, -0.2) is 9.89 Å². The molecule has 0 radical (unpaired) electrons. The van der Waals surface area contributed by atoms with Crippen LogP contribution in [0.15, 0.2) is 33.9 Å². The average Bonchev–Trinajstić information content (AvgIpc) is 2.38. The minimum atomic E-state index is -0.721. The van der Waals surface area contributed by atoms with Gasteiger partial charge in [-0.1, -0.05) is 18.2 Å². The molecule has 0 aliphatic heterocycles. The molecule has 3 N–H and O–H groups in total. The van der Waals surface area contributed by atoms with Crippen molar-refractivity contribution in [3.05, 3.63) is 60.8 Å². The summed E-state index contributed by atoms with van der Waals surface area (Å²) in [6.45, 7) is 0.0409. The van der Waals surface area contributed by atoms with Crippen molar-refractivity contribution in [2.45, 2.75) is 6.54 Å². The van der Waals surface area contributed by atoms with Crippen molar-refractivity contribution in [2.75, 3.05) is 5.32 Å². The highest BCUT2D eigenvalue weighted by Gasteiger charge is 2.12. The van der Waals surface area contributed by atoms with Crippen LogP contribution in [0.5, 0.6) is 0 Å². The Morgan fingerprint density at radius 2 is 2.05 bits per heavy atom. The van der Waals surface area contributed by atoms with Crippen molar-refractivity contribution in [1.29, 1.82) is 0 Å². The first-order valence-corrected chi connectivity index (χ1v) is 5.23. The highest BCUT2D eigenvalue weighted by atomic mass is 16.6. The Kier molecular flexibility index (Phi) is 3.37. The molecule has 0 aliphatic rings. The number of nitro benzene ring substituents is 1. The van der Waals surface area contributed by atoms with Gasteiger partial charge in [0.25, 0.3) is 11.2 Å². The fraction of sp³-hybridized carbons (Fsp3) is 0.100. The molecule has 0 unspecified atom stereocenters. The van der Waals surface area contributed by atoms with Crippen LogP contribution in [-0.2, 0) is 6.54 Å². The van der Waals surface area contributed by atoms with E-state index in [0.717, 1.165) is 0 Å². The second-order valence-electron chi connectivity index (χ2n) is 3.59. The third-order valence-corrected chi connectivity index (χ3v) is 2.35. The first-order valence-electron chi connectivity index (χ1n) is 5.23. The number of H-pyrrole nitrogens is 2. The Morgan fingerprint density at radius 3 is 2.74 bits per heavy atom. The average molecular weight is 263 g/mol. The van der Waals surface area contributed by atoms with Gasteiger partial charge in [0.2, 0.25) is 5.82 Å². The van der Waals surface area contributed by atoms with Crippen molar-refractivity contribution in [1.82, 2.24) is 15.2 Å². The maximum atomic E-state index is 11.3. The molecule has 0 saturated carbocycles. The third kappa shape index (κ3) is 2.83. The summed E-state index contributed by atoms with van der Waals surface area (Å²) < 4.78 is 0. The van der Waals surface area contributed by atoms with Gasteiger partial charge in [0.15, 0.2) is 0 Å². The van der Waals surface area contributed by atoms with Gasteiger partial charge >= 0.3 is 5.69 Å². The number of nitrogens with zero attached hydrogens (tertiary/aromatic N) is 2. The van der Waals surface area contributed by atoms with Crippen LogP contribution in [0.4, 0.5) is 11.5 Å². The van der Waals surface area contributed by atoms with E-state index in [2.05, 4.69) is 15.5 Å². The van der Waals surface area contributed by atoms with Crippen LogP contribution in [0.2, 0.25) is 0 Å². The number of nitrogens with one attached hydrogen (secondary N) is 3. The molecule has 1 aromatic carbocycles. The second kappa shape index (κ2) is 5.12. The molecule has 98 valence electrons. The van der Waals surface area contributed by atoms with Crippen molar-refractivity contribution >= 4 is 11.5 Å². The summed E-state index contributed by atoms with van der Waals surface area (Å²) in [7, 11) is 0. The summed E-state index contributed by atoms with van der Waals surface area (Å²) in [4.78, 5) is 34.4. The van der Waals surface area contributed by atoms with Crippen LogP contribution < -0.4 is 16.6 Å². The number of aromatic amines is 2. The minimum Gasteiger partial charge on any atom is -0.360 e. The second-order valence-corrected chi connectivity index (χ2v) is 3.59. The van der Waals surface area contributed by atoms with Crippen LogP contribution in [0.1, 0.15) is 5.56 Å². The summed E-state index contributed by atoms with van der Waals surface area (Å²) in [6, 6.07) is 6.12. The number of benzene rings is 1. The molecule has 0 amide bonds. The van der Waals surface area contributed by atoms with Crippen molar-refractivity contribution in [2.24, 2.45) is 0 Å². The number of rotatable bonds is 4. The Morgan fingerprint density at radius 1 is 1.32 bits per heavy atom. The predicted octanol–water partition coefficient (Wildman–Crippen LogP) is -0.0215. The molecule has 9 nitrogen and oxygen atoms in total. The molecule has 1 aromatic heterocycles. The van der Waals surface area contributed by atoms with Crippen LogP contribution in [0.3, 0.4) is 0 Å². The van der Waals surface area contributed by atoms with E-state index in [1.54, 1.807) is 18.2 Å². The van der Waals surface area contributed by atoms with Gasteiger partial charge in [-0.15, -0.1) is 5.10 Å². The fourth-order valence-electron chi connectivity index (χ4n) is 1.48. The van der Waals surface area contributed by atoms with Crippen molar-refractivity contribution < 1.29 is 4.92 Å². The molecule has 0 spiro atoms. The zero-order valence-corrected chi connectivity index (χ0v) is 9.54.